The lowest BCUT2D eigenvalue weighted by molar-refractivity contribution is 0.412. The van der Waals surface area contributed by atoms with Crippen LogP contribution in [0.15, 0.2) is 60.7 Å². The number of rotatable bonds is 5. The molecular weight excluding hydrogens is 360 g/mol. The van der Waals surface area contributed by atoms with Crippen LogP contribution in [0.2, 0.25) is 5.02 Å². The van der Waals surface area contributed by atoms with Gasteiger partial charge in [-0.2, -0.15) is 0 Å². The summed E-state index contributed by atoms with van der Waals surface area (Å²) in [6, 6.07) is 15.6. The van der Waals surface area contributed by atoms with E-state index in [0.717, 1.165) is 0 Å². The van der Waals surface area contributed by atoms with Gasteiger partial charge in [0.15, 0.2) is 0 Å². The standard InChI is InChI=1S/C20H16ClF2NO2/c1-25-17-11-4-3-10-16(17)24(20-14(22)8-6-9-15(20)23)19-13(21)7-5-12-18(19)26-2/h3-12H,1-2H3. The van der Waals surface area contributed by atoms with Gasteiger partial charge in [0, 0.05) is 0 Å². The molecule has 0 aliphatic rings. The molecule has 6 heteroatoms. The average molecular weight is 376 g/mol. The van der Waals surface area contributed by atoms with Crippen molar-refractivity contribution in [3.63, 3.8) is 0 Å². The number of para-hydroxylation sites is 4. The molecule has 0 unspecified atom stereocenters. The van der Waals surface area contributed by atoms with Gasteiger partial charge in [-0.25, -0.2) is 8.78 Å². The Morgan fingerprint density at radius 2 is 1.31 bits per heavy atom. The van der Waals surface area contributed by atoms with Crippen LogP contribution < -0.4 is 14.4 Å². The van der Waals surface area contributed by atoms with Crippen molar-refractivity contribution in [3.8, 4) is 11.5 Å². The molecule has 0 aliphatic heterocycles. The van der Waals surface area contributed by atoms with Crippen LogP contribution in [0.25, 0.3) is 0 Å². The molecule has 0 heterocycles. The number of nitrogens with zero attached hydrogens (tertiary/aromatic N) is 1. The van der Waals surface area contributed by atoms with Crippen LogP contribution in [-0.2, 0) is 0 Å². The third-order valence-corrected chi connectivity index (χ3v) is 4.19. The summed E-state index contributed by atoms with van der Waals surface area (Å²) in [6.45, 7) is 0. The maximum absolute atomic E-state index is 14.7. The number of ether oxygens (including phenoxy) is 2. The molecule has 0 bridgehead atoms. The average Bonchev–Trinajstić information content (AvgIpc) is 2.65. The van der Waals surface area contributed by atoms with Gasteiger partial charge < -0.3 is 9.47 Å². The van der Waals surface area contributed by atoms with Crippen LogP contribution >= 0.6 is 11.6 Å². The van der Waals surface area contributed by atoms with E-state index in [1.165, 1.54) is 37.3 Å². The van der Waals surface area contributed by atoms with E-state index in [1.54, 1.807) is 42.5 Å². The zero-order valence-corrected chi connectivity index (χ0v) is 14.9. The highest BCUT2D eigenvalue weighted by molar-refractivity contribution is 6.34. The molecule has 134 valence electrons. The summed E-state index contributed by atoms with van der Waals surface area (Å²) in [5.74, 6) is -0.682. The summed E-state index contributed by atoms with van der Waals surface area (Å²) in [7, 11) is 2.95. The largest absolute Gasteiger partial charge is 0.495 e. The summed E-state index contributed by atoms with van der Waals surface area (Å²) in [4.78, 5) is 1.37. The first-order valence-corrected chi connectivity index (χ1v) is 8.16. The number of anilines is 3. The number of benzene rings is 3. The summed E-state index contributed by atoms with van der Waals surface area (Å²) in [6.07, 6.45) is 0. The number of halogens is 3. The molecule has 0 saturated heterocycles. The lowest BCUT2D eigenvalue weighted by Gasteiger charge is -2.29. The molecule has 3 rings (SSSR count). The van der Waals surface area contributed by atoms with Crippen LogP contribution in [-0.4, -0.2) is 14.2 Å². The molecule has 26 heavy (non-hydrogen) atoms. The fraction of sp³-hybridized carbons (Fsp3) is 0.100. The number of hydrogen-bond donors (Lipinski definition) is 0. The van der Waals surface area contributed by atoms with Gasteiger partial charge in [0.05, 0.1) is 24.9 Å². The quantitative estimate of drug-likeness (QED) is 0.537. The predicted octanol–water partition coefficient (Wildman–Crippen LogP) is 6.11. The van der Waals surface area contributed by atoms with Crippen LogP contribution in [0.3, 0.4) is 0 Å². The van der Waals surface area contributed by atoms with Crippen molar-refractivity contribution < 1.29 is 18.3 Å². The van der Waals surface area contributed by atoms with Crippen LogP contribution in [0, 0.1) is 11.6 Å². The van der Waals surface area contributed by atoms with Gasteiger partial charge in [0.2, 0.25) is 0 Å². The Balaban J connectivity index is 2.39. The van der Waals surface area contributed by atoms with Crippen molar-refractivity contribution >= 4 is 28.7 Å². The molecule has 0 spiro atoms. The first-order valence-electron chi connectivity index (χ1n) is 7.78. The fourth-order valence-corrected chi connectivity index (χ4v) is 3.00. The van der Waals surface area contributed by atoms with E-state index in [4.69, 9.17) is 21.1 Å². The third-order valence-electron chi connectivity index (χ3n) is 3.88. The van der Waals surface area contributed by atoms with Gasteiger partial charge in [-0.05, 0) is 36.4 Å². The van der Waals surface area contributed by atoms with Gasteiger partial charge in [0.1, 0.15) is 34.5 Å². The lowest BCUT2D eigenvalue weighted by Crippen LogP contribution is -2.16. The van der Waals surface area contributed by atoms with Crippen molar-refractivity contribution in [2.75, 3.05) is 19.1 Å². The zero-order valence-electron chi connectivity index (χ0n) is 14.2. The van der Waals surface area contributed by atoms with Crippen LogP contribution in [0.1, 0.15) is 0 Å². The Morgan fingerprint density at radius 3 is 1.96 bits per heavy atom. The number of methoxy groups -OCH3 is 2. The van der Waals surface area contributed by atoms with Crippen molar-refractivity contribution in [1.29, 1.82) is 0 Å². The van der Waals surface area contributed by atoms with E-state index in [1.807, 2.05) is 0 Å². The molecular formula is C20H16ClF2NO2. The van der Waals surface area contributed by atoms with Gasteiger partial charge in [-0.1, -0.05) is 35.9 Å². The Hall–Kier alpha value is -2.79. The normalized spacial score (nSPS) is 10.5. The van der Waals surface area contributed by atoms with Gasteiger partial charge >= 0.3 is 0 Å². The molecule has 0 aliphatic carbocycles. The smallest absolute Gasteiger partial charge is 0.150 e. The Bertz CT molecular complexity index is 913. The van der Waals surface area contributed by atoms with Gasteiger partial charge in [-0.15, -0.1) is 0 Å². The minimum absolute atomic E-state index is 0.275. The van der Waals surface area contributed by atoms with E-state index in [2.05, 4.69) is 0 Å². The van der Waals surface area contributed by atoms with Crippen molar-refractivity contribution in [2.45, 2.75) is 0 Å². The highest BCUT2D eigenvalue weighted by atomic mass is 35.5. The first kappa shape index (κ1) is 18.0. The maximum Gasteiger partial charge on any atom is 0.150 e. The molecule has 3 nitrogen and oxygen atoms in total. The Labute approximate surface area is 155 Å². The van der Waals surface area contributed by atoms with E-state index in [9.17, 15) is 8.78 Å². The SMILES string of the molecule is COc1ccccc1N(c1c(F)cccc1F)c1c(Cl)cccc1OC. The van der Waals surface area contributed by atoms with E-state index in [0.29, 0.717) is 22.9 Å². The van der Waals surface area contributed by atoms with Crippen LogP contribution in [0.4, 0.5) is 25.8 Å². The van der Waals surface area contributed by atoms with E-state index >= 15 is 0 Å². The second kappa shape index (κ2) is 7.62. The second-order valence-corrected chi connectivity index (χ2v) is 5.78. The van der Waals surface area contributed by atoms with Crippen LogP contribution in [0.5, 0.6) is 11.5 Å². The second-order valence-electron chi connectivity index (χ2n) is 5.37. The zero-order chi connectivity index (χ0) is 18.7. The molecule has 0 radical (unpaired) electrons. The fourth-order valence-electron chi connectivity index (χ4n) is 2.75. The minimum atomic E-state index is -0.738. The highest BCUT2D eigenvalue weighted by Crippen LogP contribution is 2.48. The molecule has 0 aromatic heterocycles. The van der Waals surface area contributed by atoms with E-state index < -0.39 is 11.6 Å². The Morgan fingerprint density at radius 1 is 0.731 bits per heavy atom. The minimum Gasteiger partial charge on any atom is -0.495 e. The monoisotopic (exact) mass is 375 g/mol. The van der Waals surface area contributed by atoms with E-state index in [-0.39, 0.29) is 10.7 Å². The molecule has 3 aromatic rings. The van der Waals surface area contributed by atoms with Gasteiger partial charge in [-0.3, -0.25) is 4.90 Å². The molecule has 0 N–H and O–H groups in total. The molecule has 0 atom stereocenters. The summed E-state index contributed by atoms with van der Waals surface area (Å²) >= 11 is 6.40. The van der Waals surface area contributed by atoms with Crippen molar-refractivity contribution in [3.05, 3.63) is 77.3 Å². The molecule has 0 saturated carbocycles. The summed E-state index contributed by atoms with van der Waals surface area (Å²) < 4.78 is 40.1. The molecule has 0 fully saturated rings. The summed E-state index contributed by atoms with van der Waals surface area (Å²) in [5.41, 5.74) is 0.457. The predicted molar refractivity (Wildman–Crippen MR) is 99.2 cm³/mol. The highest BCUT2D eigenvalue weighted by Gasteiger charge is 2.27. The maximum atomic E-state index is 14.7. The van der Waals surface area contributed by atoms with Gasteiger partial charge in [0.25, 0.3) is 0 Å². The lowest BCUT2D eigenvalue weighted by atomic mass is 10.1. The first-order chi connectivity index (χ1) is 12.6. The number of hydrogen-bond acceptors (Lipinski definition) is 3. The Kier molecular flexibility index (Phi) is 5.28. The molecule has 3 aromatic carbocycles. The van der Waals surface area contributed by atoms with Crippen molar-refractivity contribution in [2.24, 2.45) is 0 Å². The summed E-state index contributed by atoms with van der Waals surface area (Å²) in [5, 5.41) is 0.276. The topological polar surface area (TPSA) is 21.7 Å². The molecule has 0 amide bonds. The third kappa shape index (κ3) is 3.18. The van der Waals surface area contributed by atoms with Crippen molar-refractivity contribution in [1.82, 2.24) is 0 Å².